The van der Waals surface area contributed by atoms with Gasteiger partial charge in [0.2, 0.25) is 10.0 Å². The molecule has 0 unspecified atom stereocenters. The molecule has 0 spiro atoms. The van der Waals surface area contributed by atoms with Gasteiger partial charge in [0.15, 0.2) is 11.5 Å². The zero-order valence-corrected chi connectivity index (χ0v) is 15.0. The molecule has 0 fully saturated rings. The molecule has 0 radical (unpaired) electrons. The van der Waals surface area contributed by atoms with Crippen LogP contribution in [0.1, 0.15) is 25.5 Å². The van der Waals surface area contributed by atoms with Crippen molar-refractivity contribution in [2.75, 3.05) is 19.8 Å². The molecule has 1 heterocycles. The van der Waals surface area contributed by atoms with Crippen molar-refractivity contribution in [3.05, 3.63) is 48.0 Å². The zero-order chi connectivity index (χ0) is 17.9. The van der Waals surface area contributed by atoms with Crippen molar-refractivity contribution in [3.63, 3.8) is 0 Å². The lowest BCUT2D eigenvalue weighted by Crippen LogP contribution is -2.27. The highest BCUT2D eigenvalue weighted by molar-refractivity contribution is 7.89. The summed E-state index contributed by atoms with van der Waals surface area (Å²) in [5.74, 6) is 1.95. The Labute approximate surface area is 147 Å². The number of hydrogen-bond donors (Lipinski definition) is 1. The van der Waals surface area contributed by atoms with Crippen LogP contribution >= 0.6 is 0 Å². The molecular weight excluding hydrogens is 342 g/mol. The van der Waals surface area contributed by atoms with Gasteiger partial charge in [-0.3, -0.25) is 0 Å². The van der Waals surface area contributed by atoms with Crippen molar-refractivity contribution in [3.8, 4) is 17.2 Å². The molecule has 1 aliphatic rings. The van der Waals surface area contributed by atoms with Gasteiger partial charge in [-0.15, -0.1) is 0 Å². The number of fused-ring (bicyclic) bond motifs is 1. The van der Waals surface area contributed by atoms with Crippen LogP contribution in [-0.4, -0.2) is 28.2 Å². The highest BCUT2D eigenvalue weighted by Crippen LogP contribution is 2.33. The van der Waals surface area contributed by atoms with Crippen LogP contribution in [0, 0.1) is 0 Å². The first-order chi connectivity index (χ1) is 12.0. The first kappa shape index (κ1) is 17.6. The molecule has 1 N–H and O–H groups in total. The molecule has 1 aliphatic heterocycles. The van der Waals surface area contributed by atoms with Crippen LogP contribution in [0.5, 0.6) is 17.2 Å². The van der Waals surface area contributed by atoms with Gasteiger partial charge in [-0.25, -0.2) is 13.1 Å². The fourth-order valence-electron chi connectivity index (χ4n) is 2.58. The highest BCUT2D eigenvalue weighted by atomic mass is 32.2. The third-order valence-electron chi connectivity index (χ3n) is 3.84. The van der Waals surface area contributed by atoms with Gasteiger partial charge in [0.1, 0.15) is 19.0 Å². The summed E-state index contributed by atoms with van der Waals surface area (Å²) in [6.07, 6.45) is 0. The minimum absolute atomic E-state index is 0.195. The lowest BCUT2D eigenvalue weighted by Gasteiger charge is -2.21. The summed E-state index contributed by atoms with van der Waals surface area (Å²) in [5, 5.41) is 0. The van der Waals surface area contributed by atoms with Gasteiger partial charge in [0, 0.05) is 6.04 Å². The van der Waals surface area contributed by atoms with Gasteiger partial charge in [-0.05, 0) is 55.8 Å². The minimum atomic E-state index is -3.64. The normalized spacial score (nSPS) is 14.8. The number of rotatable bonds is 6. The number of ether oxygens (including phenoxy) is 3. The molecule has 2 aromatic carbocycles. The van der Waals surface area contributed by atoms with E-state index in [1.165, 1.54) is 12.1 Å². The Morgan fingerprint density at radius 2 is 1.76 bits per heavy atom. The Morgan fingerprint density at radius 1 is 1.08 bits per heavy atom. The summed E-state index contributed by atoms with van der Waals surface area (Å²) in [5.41, 5.74) is 0.804. The van der Waals surface area contributed by atoms with Crippen LogP contribution < -0.4 is 18.9 Å². The van der Waals surface area contributed by atoms with Crippen molar-refractivity contribution >= 4 is 10.0 Å². The molecule has 0 saturated carbocycles. The number of hydrogen-bond acceptors (Lipinski definition) is 5. The Kier molecular flexibility index (Phi) is 5.15. The molecule has 3 rings (SSSR count). The van der Waals surface area contributed by atoms with Crippen molar-refractivity contribution in [1.29, 1.82) is 0 Å². The first-order valence-corrected chi connectivity index (χ1v) is 9.62. The Morgan fingerprint density at radius 3 is 2.44 bits per heavy atom. The fourth-order valence-corrected chi connectivity index (χ4v) is 3.81. The topological polar surface area (TPSA) is 73.9 Å². The minimum Gasteiger partial charge on any atom is -0.494 e. The van der Waals surface area contributed by atoms with Crippen LogP contribution in [0.3, 0.4) is 0 Å². The summed E-state index contributed by atoms with van der Waals surface area (Å²) in [6.45, 7) is 5.21. The molecule has 0 amide bonds. The fraction of sp³-hybridized carbons (Fsp3) is 0.333. The molecule has 2 aromatic rings. The van der Waals surface area contributed by atoms with E-state index < -0.39 is 16.1 Å². The lowest BCUT2D eigenvalue weighted by molar-refractivity contribution is 0.171. The number of benzene rings is 2. The largest absolute Gasteiger partial charge is 0.494 e. The SMILES string of the molecule is CCOc1ccc(S(=O)(=O)N[C@@H](C)c2ccc3c(c2)OCCO3)cc1. The molecule has 0 bridgehead atoms. The van der Waals surface area contributed by atoms with Gasteiger partial charge in [0.25, 0.3) is 0 Å². The Bertz CT molecular complexity index is 833. The maximum absolute atomic E-state index is 12.6. The third kappa shape index (κ3) is 4.05. The zero-order valence-electron chi connectivity index (χ0n) is 14.2. The molecule has 6 nitrogen and oxygen atoms in total. The van der Waals surface area contributed by atoms with Gasteiger partial charge in [-0.1, -0.05) is 6.07 Å². The number of nitrogens with one attached hydrogen (secondary N) is 1. The summed E-state index contributed by atoms with van der Waals surface area (Å²) in [7, 11) is -3.64. The van der Waals surface area contributed by atoms with E-state index in [2.05, 4.69) is 4.72 Å². The van der Waals surface area contributed by atoms with E-state index in [4.69, 9.17) is 14.2 Å². The van der Waals surface area contributed by atoms with Crippen LogP contribution in [0.25, 0.3) is 0 Å². The van der Waals surface area contributed by atoms with E-state index in [9.17, 15) is 8.42 Å². The Hall–Kier alpha value is -2.25. The Balaban J connectivity index is 1.75. The summed E-state index contributed by atoms with van der Waals surface area (Å²) < 4.78 is 44.2. The second-order valence-electron chi connectivity index (χ2n) is 5.65. The molecule has 25 heavy (non-hydrogen) atoms. The average Bonchev–Trinajstić information content (AvgIpc) is 2.61. The van der Waals surface area contributed by atoms with E-state index in [-0.39, 0.29) is 4.90 Å². The maximum atomic E-state index is 12.6. The maximum Gasteiger partial charge on any atom is 0.241 e. The predicted molar refractivity (Wildman–Crippen MR) is 93.8 cm³/mol. The second kappa shape index (κ2) is 7.33. The standard InChI is InChI=1S/C18H21NO5S/c1-3-22-15-5-7-16(8-6-15)25(20,21)19-13(2)14-4-9-17-18(12-14)24-11-10-23-17/h4-9,12-13,19H,3,10-11H2,1-2H3/t13-/m0/s1. The van der Waals surface area contributed by atoms with Crippen LogP contribution in [0.4, 0.5) is 0 Å². The molecule has 0 saturated heterocycles. The lowest BCUT2D eigenvalue weighted by atomic mass is 10.1. The van der Waals surface area contributed by atoms with Crippen LogP contribution in [0.2, 0.25) is 0 Å². The van der Waals surface area contributed by atoms with E-state index in [0.717, 1.165) is 5.56 Å². The molecule has 0 aliphatic carbocycles. The van der Waals surface area contributed by atoms with Crippen molar-refractivity contribution in [2.24, 2.45) is 0 Å². The summed E-state index contributed by atoms with van der Waals surface area (Å²) in [4.78, 5) is 0.195. The quantitative estimate of drug-likeness (QED) is 0.854. The summed E-state index contributed by atoms with van der Waals surface area (Å²) in [6, 6.07) is 11.4. The van der Waals surface area contributed by atoms with Crippen LogP contribution in [0.15, 0.2) is 47.4 Å². The van der Waals surface area contributed by atoms with Gasteiger partial charge < -0.3 is 14.2 Å². The van der Waals surface area contributed by atoms with Gasteiger partial charge in [-0.2, -0.15) is 0 Å². The van der Waals surface area contributed by atoms with Crippen molar-refractivity contribution < 1.29 is 22.6 Å². The molecule has 134 valence electrons. The second-order valence-corrected chi connectivity index (χ2v) is 7.36. The van der Waals surface area contributed by atoms with Gasteiger partial charge >= 0.3 is 0 Å². The highest BCUT2D eigenvalue weighted by Gasteiger charge is 2.20. The van der Waals surface area contributed by atoms with Gasteiger partial charge in [0.05, 0.1) is 11.5 Å². The molecule has 1 atom stereocenters. The van der Waals surface area contributed by atoms with E-state index in [1.807, 2.05) is 13.0 Å². The van der Waals surface area contributed by atoms with E-state index >= 15 is 0 Å². The molecule has 0 aromatic heterocycles. The van der Waals surface area contributed by atoms with Crippen molar-refractivity contribution in [2.45, 2.75) is 24.8 Å². The molecule has 7 heteroatoms. The van der Waals surface area contributed by atoms with E-state index in [0.29, 0.717) is 37.1 Å². The predicted octanol–water partition coefficient (Wildman–Crippen LogP) is 2.90. The molecular formula is C18H21NO5S. The number of sulfonamides is 1. The monoisotopic (exact) mass is 363 g/mol. The summed E-state index contributed by atoms with van der Waals surface area (Å²) >= 11 is 0. The van der Waals surface area contributed by atoms with Crippen LogP contribution in [-0.2, 0) is 10.0 Å². The third-order valence-corrected chi connectivity index (χ3v) is 5.40. The van der Waals surface area contributed by atoms with Crippen molar-refractivity contribution in [1.82, 2.24) is 4.72 Å². The smallest absolute Gasteiger partial charge is 0.241 e. The first-order valence-electron chi connectivity index (χ1n) is 8.14. The average molecular weight is 363 g/mol. The van der Waals surface area contributed by atoms with E-state index in [1.54, 1.807) is 31.2 Å².